The number of amides is 2. The van der Waals surface area contributed by atoms with Crippen molar-refractivity contribution in [3.8, 4) is 0 Å². The predicted octanol–water partition coefficient (Wildman–Crippen LogP) is -0.808. The zero-order chi connectivity index (χ0) is 11.7. The third-order valence-corrected chi connectivity index (χ3v) is 1.74. The largest absolute Gasteiger partial charge is 0.469 e. The van der Waals surface area contributed by atoms with E-state index in [-0.39, 0.29) is 37.2 Å². The van der Waals surface area contributed by atoms with Crippen LogP contribution < -0.4 is 10.6 Å². The Hall–Kier alpha value is -1.59. The van der Waals surface area contributed by atoms with Crippen LogP contribution in [0.3, 0.4) is 0 Å². The molecule has 0 fully saturated rings. The van der Waals surface area contributed by atoms with Gasteiger partial charge in [0.1, 0.15) is 0 Å². The van der Waals surface area contributed by atoms with Gasteiger partial charge >= 0.3 is 5.97 Å². The standard InChI is InChI=1S/C9H16N2O4/c1-10-8(13)6-11-7(12)4-3-5-9(14)15-2/h3-6H2,1-2H3,(H,10,13)(H,11,12). The number of esters is 1. The van der Waals surface area contributed by atoms with Gasteiger partial charge in [0.15, 0.2) is 0 Å². The Morgan fingerprint density at radius 3 is 2.33 bits per heavy atom. The summed E-state index contributed by atoms with van der Waals surface area (Å²) in [4.78, 5) is 32.5. The summed E-state index contributed by atoms with van der Waals surface area (Å²) in [5, 5.41) is 4.80. The number of ether oxygens (including phenoxy) is 1. The summed E-state index contributed by atoms with van der Waals surface area (Å²) < 4.78 is 4.41. The number of likely N-dealkylation sites (N-methyl/N-ethyl adjacent to an activating group) is 1. The summed E-state index contributed by atoms with van der Waals surface area (Å²) in [6.07, 6.45) is 0.849. The molecule has 0 saturated carbocycles. The van der Waals surface area contributed by atoms with E-state index in [0.717, 1.165) is 0 Å². The van der Waals surface area contributed by atoms with E-state index in [1.54, 1.807) is 0 Å². The van der Waals surface area contributed by atoms with Gasteiger partial charge in [-0.05, 0) is 6.42 Å². The molecular weight excluding hydrogens is 200 g/mol. The third kappa shape index (κ3) is 7.48. The van der Waals surface area contributed by atoms with E-state index in [9.17, 15) is 14.4 Å². The first-order valence-corrected chi connectivity index (χ1v) is 4.64. The van der Waals surface area contributed by atoms with Crippen LogP contribution >= 0.6 is 0 Å². The Morgan fingerprint density at radius 2 is 1.80 bits per heavy atom. The zero-order valence-corrected chi connectivity index (χ0v) is 8.96. The monoisotopic (exact) mass is 216 g/mol. The molecule has 0 aliphatic carbocycles. The van der Waals surface area contributed by atoms with Gasteiger partial charge in [-0.1, -0.05) is 0 Å². The Kier molecular flexibility index (Phi) is 6.96. The minimum absolute atomic E-state index is 0.0342. The SMILES string of the molecule is CNC(=O)CNC(=O)CCCC(=O)OC. The Morgan fingerprint density at radius 1 is 1.13 bits per heavy atom. The summed E-state index contributed by atoms with van der Waals surface area (Å²) in [6, 6.07) is 0. The summed E-state index contributed by atoms with van der Waals surface area (Å²) >= 11 is 0. The summed E-state index contributed by atoms with van der Waals surface area (Å²) in [5.74, 6) is -0.840. The highest BCUT2D eigenvalue weighted by atomic mass is 16.5. The van der Waals surface area contributed by atoms with Crippen molar-refractivity contribution in [2.75, 3.05) is 20.7 Å². The quantitative estimate of drug-likeness (QED) is 0.569. The van der Waals surface area contributed by atoms with Gasteiger partial charge in [-0.25, -0.2) is 0 Å². The van der Waals surface area contributed by atoms with Gasteiger partial charge < -0.3 is 15.4 Å². The molecule has 0 saturated heterocycles. The van der Waals surface area contributed by atoms with E-state index in [1.165, 1.54) is 14.2 Å². The maximum atomic E-state index is 11.1. The lowest BCUT2D eigenvalue weighted by atomic mass is 10.2. The van der Waals surface area contributed by atoms with Gasteiger partial charge in [0.2, 0.25) is 11.8 Å². The number of nitrogens with one attached hydrogen (secondary N) is 2. The van der Waals surface area contributed by atoms with Crippen LogP contribution in [0.2, 0.25) is 0 Å². The van der Waals surface area contributed by atoms with E-state index < -0.39 is 0 Å². The fraction of sp³-hybridized carbons (Fsp3) is 0.667. The second kappa shape index (κ2) is 7.78. The maximum Gasteiger partial charge on any atom is 0.305 e. The fourth-order valence-corrected chi connectivity index (χ4v) is 0.851. The molecule has 6 heteroatoms. The van der Waals surface area contributed by atoms with Crippen LogP contribution in [0, 0.1) is 0 Å². The first-order valence-electron chi connectivity index (χ1n) is 4.64. The topological polar surface area (TPSA) is 84.5 Å². The number of hydrogen-bond donors (Lipinski definition) is 2. The third-order valence-electron chi connectivity index (χ3n) is 1.74. The second-order valence-corrected chi connectivity index (χ2v) is 2.88. The van der Waals surface area contributed by atoms with Crippen molar-refractivity contribution in [2.24, 2.45) is 0 Å². The number of carbonyl (C=O) groups is 3. The molecule has 0 aromatic heterocycles. The lowest BCUT2D eigenvalue weighted by molar-refractivity contribution is -0.140. The van der Waals surface area contributed by atoms with Crippen molar-refractivity contribution in [3.05, 3.63) is 0 Å². The van der Waals surface area contributed by atoms with Gasteiger partial charge in [0.05, 0.1) is 13.7 Å². The Labute approximate surface area is 88.4 Å². The highest BCUT2D eigenvalue weighted by Gasteiger charge is 2.05. The molecule has 2 amide bonds. The maximum absolute atomic E-state index is 11.1. The Bertz CT molecular complexity index is 240. The smallest absolute Gasteiger partial charge is 0.305 e. The first kappa shape index (κ1) is 13.4. The second-order valence-electron chi connectivity index (χ2n) is 2.88. The van der Waals surface area contributed by atoms with Crippen LogP contribution in [0.25, 0.3) is 0 Å². The molecule has 2 N–H and O–H groups in total. The molecule has 0 spiro atoms. The van der Waals surface area contributed by atoms with Crippen LogP contribution in [-0.2, 0) is 19.1 Å². The van der Waals surface area contributed by atoms with Crippen molar-refractivity contribution in [1.82, 2.24) is 10.6 Å². The molecule has 86 valence electrons. The van der Waals surface area contributed by atoms with Crippen LogP contribution in [0.4, 0.5) is 0 Å². The van der Waals surface area contributed by atoms with Crippen LogP contribution in [0.5, 0.6) is 0 Å². The van der Waals surface area contributed by atoms with Gasteiger partial charge in [0, 0.05) is 19.9 Å². The number of rotatable bonds is 6. The highest BCUT2D eigenvalue weighted by Crippen LogP contribution is 1.96. The van der Waals surface area contributed by atoms with Crippen molar-refractivity contribution >= 4 is 17.8 Å². The average molecular weight is 216 g/mol. The molecule has 0 radical (unpaired) electrons. The number of carbonyl (C=O) groups excluding carboxylic acids is 3. The molecule has 0 aromatic rings. The minimum Gasteiger partial charge on any atom is -0.469 e. The van der Waals surface area contributed by atoms with Crippen LogP contribution in [0.15, 0.2) is 0 Å². The molecule has 0 aliphatic rings. The van der Waals surface area contributed by atoms with Gasteiger partial charge in [0.25, 0.3) is 0 Å². The minimum atomic E-state index is -0.339. The lowest BCUT2D eigenvalue weighted by Crippen LogP contribution is -2.35. The van der Waals surface area contributed by atoms with Gasteiger partial charge in [-0.2, -0.15) is 0 Å². The summed E-state index contributed by atoms with van der Waals surface area (Å²) in [5.41, 5.74) is 0. The molecule has 6 nitrogen and oxygen atoms in total. The fourth-order valence-electron chi connectivity index (χ4n) is 0.851. The molecule has 0 rings (SSSR count). The van der Waals surface area contributed by atoms with E-state index >= 15 is 0 Å². The normalized spacial score (nSPS) is 9.20. The molecule has 0 bridgehead atoms. The van der Waals surface area contributed by atoms with Gasteiger partial charge in [-0.3, -0.25) is 14.4 Å². The van der Waals surface area contributed by atoms with E-state index in [4.69, 9.17) is 0 Å². The van der Waals surface area contributed by atoms with Crippen molar-refractivity contribution in [3.63, 3.8) is 0 Å². The number of hydrogen-bond acceptors (Lipinski definition) is 4. The average Bonchev–Trinajstić information content (AvgIpc) is 2.25. The molecule has 0 heterocycles. The zero-order valence-electron chi connectivity index (χ0n) is 8.96. The molecular formula is C9H16N2O4. The van der Waals surface area contributed by atoms with Gasteiger partial charge in [-0.15, -0.1) is 0 Å². The lowest BCUT2D eigenvalue weighted by Gasteiger charge is -2.03. The summed E-state index contributed by atoms with van der Waals surface area (Å²) in [6.45, 7) is -0.0342. The molecule has 0 aliphatic heterocycles. The highest BCUT2D eigenvalue weighted by molar-refractivity contribution is 5.84. The molecule has 15 heavy (non-hydrogen) atoms. The Balaban J connectivity index is 3.49. The number of methoxy groups -OCH3 is 1. The van der Waals surface area contributed by atoms with E-state index in [2.05, 4.69) is 15.4 Å². The molecule has 0 unspecified atom stereocenters. The van der Waals surface area contributed by atoms with E-state index in [1.807, 2.05) is 0 Å². The van der Waals surface area contributed by atoms with Crippen LogP contribution in [0.1, 0.15) is 19.3 Å². The summed E-state index contributed by atoms with van der Waals surface area (Å²) in [7, 11) is 2.79. The van der Waals surface area contributed by atoms with Crippen molar-refractivity contribution in [1.29, 1.82) is 0 Å². The van der Waals surface area contributed by atoms with E-state index in [0.29, 0.717) is 6.42 Å². The van der Waals surface area contributed by atoms with Crippen molar-refractivity contribution in [2.45, 2.75) is 19.3 Å². The molecule has 0 aromatic carbocycles. The molecule has 0 atom stereocenters. The van der Waals surface area contributed by atoms with Crippen LogP contribution in [-0.4, -0.2) is 38.5 Å². The first-order chi connectivity index (χ1) is 7.10. The predicted molar refractivity (Wildman–Crippen MR) is 52.9 cm³/mol. The van der Waals surface area contributed by atoms with Crippen molar-refractivity contribution < 1.29 is 19.1 Å².